The number of hydrogen-bond acceptors (Lipinski definition) is 1. The maximum absolute atomic E-state index is 2.51. The van der Waals surface area contributed by atoms with Gasteiger partial charge in [-0.2, -0.15) is 0 Å². The van der Waals surface area contributed by atoms with Gasteiger partial charge in [0.1, 0.15) is 0 Å². The Kier molecular flexibility index (Phi) is 10.6. The Balaban J connectivity index is 2.40. The smallest absolute Gasteiger partial charge is 0.0172 e. The van der Waals surface area contributed by atoms with Gasteiger partial charge in [-0.3, -0.25) is 0 Å². The second-order valence-corrected chi connectivity index (χ2v) is 5.88. The van der Waals surface area contributed by atoms with Gasteiger partial charge >= 0.3 is 0 Å². The van der Waals surface area contributed by atoms with Gasteiger partial charge in [0.05, 0.1) is 0 Å². The highest BCUT2D eigenvalue weighted by Gasteiger charge is 1.99. The summed E-state index contributed by atoms with van der Waals surface area (Å²) in [6.45, 7) is 6.96. The van der Waals surface area contributed by atoms with Crippen molar-refractivity contribution in [2.24, 2.45) is 0 Å². The summed E-state index contributed by atoms with van der Waals surface area (Å²) in [5.74, 6) is 0. The quantitative estimate of drug-likeness (QED) is 0.419. The van der Waals surface area contributed by atoms with E-state index in [1.54, 1.807) is 0 Å². The van der Waals surface area contributed by atoms with Crippen LogP contribution in [0.25, 0.3) is 6.08 Å². The first-order valence-electron chi connectivity index (χ1n) is 8.84. The van der Waals surface area contributed by atoms with Gasteiger partial charge < -0.3 is 4.90 Å². The van der Waals surface area contributed by atoms with Gasteiger partial charge in [0, 0.05) is 13.1 Å². The van der Waals surface area contributed by atoms with Crippen LogP contribution in [-0.2, 0) is 0 Å². The highest BCUT2D eigenvalue weighted by atomic mass is 15.1. The molecule has 0 amide bonds. The van der Waals surface area contributed by atoms with Gasteiger partial charge in [0.15, 0.2) is 0 Å². The third-order valence-electron chi connectivity index (χ3n) is 3.88. The van der Waals surface area contributed by atoms with Crippen LogP contribution in [0.5, 0.6) is 0 Å². The molecule has 0 bridgehead atoms. The molecule has 0 fully saturated rings. The van der Waals surface area contributed by atoms with Crippen LogP contribution in [0.2, 0.25) is 0 Å². The Morgan fingerprint density at radius 2 is 1.33 bits per heavy atom. The van der Waals surface area contributed by atoms with E-state index in [1.807, 2.05) is 0 Å². The van der Waals surface area contributed by atoms with Gasteiger partial charge in [-0.25, -0.2) is 0 Å². The fourth-order valence-corrected chi connectivity index (χ4v) is 2.50. The zero-order valence-corrected chi connectivity index (χ0v) is 14.1. The molecular formula is C20H33N. The van der Waals surface area contributed by atoms with Crippen molar-refractivity contribution in [3.8, 4) is 0 Å². The molecule has 0 N–H and O–H groups in total. The lowest BCUT2D eigenvalue weighted by atomic mass is 10.1. The van der Waals surface area contributed by atoms with E-state index >= 15 is 0 Å². The maximum Gasteiger partial charge on any atom is 0.0172 e. The van der Waals surface area contributed by atoms with Gasteiger partial charge in [-0.15, -0.1) is 0 Å². The van der Waals surface area contributed by atoms with Crippen LogP contribution >= 0.6 is 0 Å². The van der Waals surface area contributed by atoms with Crippen LogP contribution < -0.4 is 0 Å². The number of unbranched alkanes of at least 4 members (excludes halogenated alkanes) is 6. The summed E-state index contributed by atoms with van der Waals surface area (Å²) >= 11 is 0. The topological polar surface area (TPSA) is 3.24 Å². The third-order valence-corrected chi connectivity index (χ3v) is 3.88. The fraction of sp³-hybridized carbons (Fsp3) is 0.600. The molecular weight excluding hydrogens is 254 g/mol. The van der Waals surface area contributed by atoms with Gasteiger partial charge in [0.25, 0.3) is 0 Å². The Bertz CT molecular complexity index is 343. The van der Waals surface area contributed by atoms with Crippen molar-refractivity contribution in [1.29, 1.82) is 0 Å². The van der Waals surface area contributed by atoms with Crippen molar-refractivity contribution in [2.45, 2.75) is 65.2 Å². The SMILES string of the molecule is CCCCCCN(C=Cc1ccccc1)CCCCCC. The Hall–Kier alpha value is -1.24. The van der Waals surface area contributed by atoms with Crippen LogP contribution in [0.4, 0.5) is 0 Å². The summed E-state index contributed by atoms with van der Waals surface area (Å²) in [6.07, 6.45) is 15.3. The van der Waals surface area contributed by atoms with Crippen molar-refractivity contribution < 1.29 is 0 Å². The minimum atomic E-state index is 1.20. The minimum absolute atomic E-state index is 1.20. The average molecular weight is 287 g/mol. The molecule has 0 spiro atoms. The van der Waals surface area contributed by atoms with E-state index in [0.717, 1.165) is 0 Å². The monoisotopic (exact) mass is 287 g/mol. The lowest BCUT2D eigenvalue weighted by Crippen LogP contribution is -2.20. The molecule has 118 valence electrons. The zero-order valence-electron chi connectivity index (χ0n) is 14.1. The van der Waals surface area contributed by atoms with E-state index in [1.165, 1.54) is 70.0 Å². The second kappa shape index (κ2) is 12.5. The van der Waals surface area contributed by atoms with Crippen molar-refractivity contribution >= 4 is 6.08 Å². The highest BCUT2D eigenvalue weighted by Crippen LogP contribution is 2.08. The molecule has 0 radical (unpaired) electrons. The summed E-state index contributed by atoms with van der Waals surface area (Å²) < 4.78 is 0. The number of rotatable bonds is 12. The number of hydrogen-bond donors (Lipinski definition) is 0. The second-order valence-electron chi connectivity index (χ2n) is 5.88. The average Bonchev–Trinajstić information content (AvgIpc) is 2.53. The molecule has 1 nitrogen and oxygen atoms in total. The molecule has 0 aliphatic rings. The molecule has 0 saturated heterocycles. The van der Waals surface area contributed by atoms with Crippen molar-refractivity contribution in [2.75, 3.05) is 13.1 Å². The number of nitrogens with zero attached hydrogens (tertiary/aromatic N) is 1. The maximum atomic E-state index is 2.51. The zero-order chi connectivity index (χ0) is 15.2. The molecule has 0 aromatic heterocycles. The highest BCUT2D eigenvalue weighted by molar-refractivity contribution is 5.48. The van der Waals surface area contributed by atoms with Crippen LogP contribution in [0, 0.1) is 0 Å². The molecule has 0 aliphatic heterocycles. The molecule has 1 rings (SSSR count). The normalized spacial score (nSPS) is 11.1. The van der Waals surface area contributed by atoms with Crippen LogP contribution in [-0.4, -0.2) is 18.0 Å². The predicted molar refractivity (Wildman–Crippen MR) is 95.3 cm³/mol. The van der Waals surface area contributed by atoms with E-state index in [0.29, 0.717) is 0 Å². The molecule has 0 aliphatic carbocycles. The van der Waals surface area contributed by atoms with E-state index in [4.69, 9.17) is 0 Å². The standard InChI is InChI=1S/C20H33N/c1-3-5-7-12-17-21(18-13-8-6-4-2)19-16-20-14-10-9-11-15-20/h9-11,14-16,19H,3-8,12-13,17-18H2,1-2H3. The summed E-state index contributed by atoms with van der Waals surface area (Å²) in [5.41, 5.74) is 1.30. The largest absolute Gasteiger partial charge is 0.377 e. The van der Waals surface area contributed by atoms with E-state index in [-0.39, 0.29) is 0 Å². The molecule has 1 aromatic carbocycles. The molecule has 1 heteroatoms. The Labute approximate surface area is 132 Å². The first kappa shape index (κ1) is 17.8. The first-order valence-corrected chi connectivity index (χ1v) is 8.84. The lowest BCUT2D eigenvalue weighted by molar-refractivity contribution is 0.353. The molecule has 0 unspecified atom stereocenters. The van der Waals surface area contributed by atoms with Gasteiger partial charge in [-0.05, 0) is 30.7 Å². The van der Waals surface area contributed by atoms with E-state index in [2.05, 4.69) is 61.4 Å². The van der Waals surface area contributed by atoms with Crippen molar-refractivity contribution in [3.63, 3.8) is 0 Å². The summed E-state index contributed by atoms with van der Waals surface area (Å²) in [5, 5.41) is 0. The molecule has 1 aromatic rings. The Morgan fingerprint density at radius 3 is 1.86 bits per heavy atom. The third kappa shape index (κ3) is 9.33. The summed E-state index contributed by atoms with van der Waals surface area (Å²) in [6, 6.07) is 10.6. The van der Waals surface area contributed by atoms with E-state index < -0.39 is 0 Å². The molecule has 0 heterocycles. The summed E-state index contributed by atoms with van der Waals surface area (Å²) in [7, 11) is 0. The lowest BCUT2D eigenvalue weighted by Gasteiger charge is -2.20. The molecule has 0 atom stereocenters. The molecule has 0 saturated carbocycles. The van der Waals surface area contributed by atoms with Crippen molar-refractivity contribution in [1.82, 2.24) is 4.90 Å². The van der Waals surface area contributed by atoms with Crippen LogP contribution in [0.3, 0.4) is 0 Å². The molecule has 21 heavy (non-hydrogen) atoms. The van der Waals surface area contributed by atoms with Gasteiger partial charge in [0.2, 0.25) is 0 Å². The fourth-order valence-electron chi connectivity index (χ4n) is 2.50. The van der Waals surface area contributed by atoms with E-state index in [9.17, 15) is 0 Å². The predicted octanol–water partition coefficient (Wildman–Crippen LogP) is 6.12. The first-order chi connectivity index (χ1) is 10.4. The summed E-state index contributed by atoms with van der Waals surface area (Å²) in [4.78, 5) is 2.51. The minimum Gasteiger partial charge on any atom is -0.377 e. The number of benzene rings is 1. The van der Waals surface area contributed by atoms with Crippen LogP contribution in [0.1, 0.15) is 70.8 Å². The van der Waals surface area contributed by atoms with Crippen LogP contribution in [0.15, 0.2) is 36.5 Å². The van der Waals surface area contributed by atoms with Crippen molar-refractivity contribution in [3.05, 3.63) is 42.1 Å². The van der Waals surface area contributed by atoms with Gasteiger partial charge in [-0.1, -0.05) is 82.7 Å². The Morgan fingerprint density at radius 1 is 0.762 bits per heavy atom.